The van der Waals surface area contributed by atoms with Crippen molar-refractivity contribution < 1.29 is 0 Å². The van der Waals surface area contributed by atoms with E-state index >= 15 is 0 Å². The third-order valence-corrected chi connectivity index (χ3v) is 11.6. The van der Waals surface area contributed by atoms with Gasteiger partial charge in [0.1, 0.15) is 0 Å². The van der Waals surface area contributed by atoms with E-state index in [1.165, 1.54) is 61.0 Å². The van der Waals surface area contributed by atoms with Gasteiger partial charge in [0.25, 0.3) is 0 Å². The zero-order valence-corrected chi connectivity index (χ0v) is 29.9. The predicted molar refractivity (Wildman–Crippen MR) is 222 cm³/mol. The number of rotatable bonds is 6. The zero-order valence-electron chi connectivity index (χ0n) is 29.9. The molecule has 0 saturated carbocycles. The Labute approximate surface area is 310 Å². The second kappa shape index (κ2) is 12.4. The third-order valence-electron chi connectivity index (χ3n) is 11.6. The normalized spacial score (nSPS) is 15.8. The van der Waals surface area contributed by atoms with E-state index in [2.05, 4.69) is 192 Å². The molecule has 1 atom stereocenters. The van der Waals surface area contributed by atoms with Crippen LogP contribution in [0, 0.1) is 5.92 Å². The smallest absolute Gasteiger partial charge is 0.0541 e. The Morgan fingerprint density at radius 3 is 2.17 bits per heavy atom. The van der Waals surface area contributed by atoms with Crippen LogP contribution in [0.15, 0.2) is 188 Å². The maximum absolute atomic E-state index is 4.41. The third kappa shape index (κ3) is 5.15. The summed E-state index contributed by atoms with van der Waals surface area (Å²) >= 11 is 0. The standard InChI is InChI=1S/C50H39N3/c1-50(2)46-19-8-6-17-42(46)43-27-26-41(32-47(43)50)52(40-16-10-12-35(30-40)37-13-11-29-51-33-37)39-24-21-34(22-25-39)36-23-28-49-45(31-36)44-18-7-9-20-48(44)53(49)38-14-4-3-5-15-38/h3-31,33,47H,32H2,1-2H3/t47-/m1/s1. The number of anilines is 2. The van der Waals surface area contributed by atoms with Crippen molar-refractivity contribution in [3.8, 4) is 27.9 Å². The van der Waals surface area contributed by atoms with Crippen molar-refractivity contribution in [1.82, 2.24) is 9.55 Å². The Hall–Kier alpha value is -6.45. The first-order valence-corrected chi connectivity index (χ1v) is 18.5. The molecule has 0 spiro atoms. The summed E-state index contributed by atoms with van der Waals surface area (Å²) in [5.41, 5.74) is 16.2. The number of allylic oxidation sites excluding steroid dienone is 4. The fraction of sp³-hybridized carbons (Fsp3) is 0.100. The van der Waals surface area contributed by atoms with Crippen LogP contribution in [0.5, 0.6) is 0 Å². The number of benzene rings is 6. The summed E-state index contributed by atoms with van der Waals surface area (Å²) in [5.74, 6) is 0.396. The number of pyridine rings is 1. The van der Waals surface area contributed by atoms with E-state index in [0.717, 1.165) is 28.9 Å². The van der Waals surface area contributed by atoms with Crippen molar-refractivity contribution in [3.05, 3.63) is 199 Å². The van der Waals surface area contributed by atoms with Crippen LogP contribution < -0.4 is 4.90 Å². The highest BCUT2D eigenvalue weighted by molar-refractivity contribution is 6.10. The summed E-state index contributed by atoms with van der Waals surface area (Å²) in [6, 6.07) is 57.4. The molecule has 0 bridgehead atoms. The Bertz CT molecular complexity index is 2710. The molecule has 0 N–H and O–H groups in total. The second-order valence-electron chi connectivity index (χ2n) is 14.9. The number of hydrogen-bond acceptors (Lipinski definition) is 2. The van der Waals surface area contributed by atoms with Gasteiger partial charge in [-0.3, -0.25) is 4.98 Å². The van der Waals surface area contributed by atoms with Crippen molar-refractivity contribution >= 4 is 38.8 Å². The minimum Gasteiger partial charge on any atom is -0.314 e. The predicted octanol–water partition coefficient (Wildman–Crippen LogP) is 12.9. The molecule has 2 aliphatic rings. The van der Waals surface area contributed by atoms with Crippen LogP contribution in [0.1, 0.15) is 31.4 Å². The summed E-state index contributed by atoms with van der Waals surface area (Å²) in [6.07, 6.45) is 9.46. The molecule has 8 aromatic rings. The molecular weight excluding hydrogens is 643 g/mol. The largest absolute Gasteiger partial charge is 0.314 e. The Balaban J connectivity index is 1.07. The number of para-hydroxylation sites is 2. The van der Waals surface area contributed by atoms with Crippen molar-refractivity contribution in [2.45, 2.75) is 25.7 Å². The van der Waals surface area contributed by atoms with E-state index in [1.807, 2.05) is 18.5 Å². The van der Waals surface area contributed by atoms with E-state index in [1.54, 1.807) is 0 Å². The van der Waals surface area contributed by atoms with Crippen LogP contribution in [0.3, 0.4) is 0 Å². The summed E-state index contributed by atoms with van der Waals surface area (Å²) in [7, 11) is 0. The average molecular weight is 682 g/mol. The van der Waals surface area contributed by atoms with Crippen molar-refractivity contribution in [2.75, 3.05) is 4.90 Å². The summed E-state index contributed by atoms with van der Waals surface area (Å²) in [5, 5.41) is 2.52. The molecule has 3 nitrogen and oxygen atoms in total. The molecule has 0 radical (unpaired) electrons. The molecule has 2 aliphatic carbocycles. The lowest BCUT2D eigenvalue weighted by Crippen LogP contribution is -2.28. The van der Waals surface area contributed by atoms with Gasteiger partial charge in [-0.25, -0.2) is 0 Å². The van der Waals surface area contributed by atoms with Crippen LogP contribution in [-0.2, 0) is 5.41 Å². The Morgan fingerprint density at radius 2 is 1.32 bits per heavy atom. The first-order chi connectivity index (χ1) is 26.0. The molecule has 6 aromatic carbocycles. The highest BCUT2D eigenvalue weighted by Crippen LogP contribution is 2.54. The van der Waals surface area contributed by atoms with Gasteiger partial charge in [0.15, 0.2) is 0 Å². The van der Waals surface area contributed by atoms with E-state index in [4.69, 9.17) is 0 Å². The molecule has 3 heteroatoms. The van der Waals surface area contributed by atoms with E-state index in [9.17, 15) is 0 Å². The number of aromatic nitrogens is 2. The molecule has 10 rings (SSSR count). The lowest BCUT2D eigenvalue weighted by Gasteiger charge is -2.36. The van der Waals surface area contributed by atoms with Crippen LogP contribution in [0.4, 0.5) is 11.4 Å². The Morgan fingerprint density at radius 1 is 0.585 bits per heavy atom. The maximum Gasteiger partial charge on any atom is 0.0541 e. The number of nitrogens with zero attached hydrogens (tertiary/aromatic N) is 3. The lowest BCUT2D eigenvalue weighted by atomic mass is 9.74. The molecule has 0 unspecified atom stereocenters. The van der Waals surface area contributed by atoms with E-state index < -0.39 is 0 Å². The van der Waals surface area contributed by atoms with Gasteiger partial charge in [-0.05, 0) is 118 Å². The van der Waals surface area contributed by atoms with Crippen molar-refractivity contribution in [2.24, 2.45) is 5.92 Å². The molecular formula is C50H39N3. The van der Waals surface area contributed by atoms with Crippen molar-refractivity contribution in [1.29, 1.82) is 0 Å². The molecule has 254 valence electrons. The van der Waals surface area contributed by atoms with Gasteiger partial charge in [0.05, 0.1) is 11.0 Å². The monoisotopic (exact) mass is 681 g/mol. The SMILES string of the molecule is CC1(C)c2ccccc2C2=CC=C(N(c3ccc(-c4ccc5c(c4)c4ccccc4n5-c4ccccc4)cc3)c3cccc(-c4cccnc4)c3)C[C@H]21. The molecule has 2 heterocycles. The van der Waals surface area contributed by atoms with Crippen LogP contribution in [-0.4, -0.2) is 9.55 Å². The fourth-order valence-electron chi connectivity index (χ4n) is 8.91. The van der Waals surface area contributed by atoms with Gasteiger partial charge in [-0.2, -0.15) is 0 Å². The van der Waals surface area contributed by atoms with Crippen LogP contribution in [0.25, 0.3) is 55.3 Å². The Kier molecular flexibility index (Phi) is 7.29. The molecule has 0 fully saturated rings. The molecule has 0 aliphatic heterocycles. The minimum atomic E-state index is 0.0390. The molecule has 2 aromatic heterocycles. The molecule has 0 saturated heterocycles. The number of hydrogen-bond donors (Lipinski definition) is 0. The minimum absolute atomic E-state index is 0.0390. The highest BCUT2D eigenvalue weighted by atomic mass is 15.1. The first kappa shape index (κ1) is 31.3. The van der Waals surface area contributed by atoms with Crippen LogP contribution in [0.2, 0.25) is 0 Å². The van der Waals surface area contributed by atoms with Crippen LogP contribution >= 0.6 is 0 Å². The quantitative estimate of drug-likeness (QED) is 0.174. The zero-order chi connectivity index (χ0) is 35.5. The second-order valence-corrected chi connectivity index (χ2v) is 14.9. The lowest BCUT2D eigenvalue weighted by molar-refractivity contribution is 0.406. The topological polar surface area (TPSA) is 21.1 Å². The van der Waals surface area contributed by atoms with Gasteiger partial charge in [0, 0.05) is 51.5 Å². The summed E-state index contributed by atoms with van der Waals surface area (Å²) in [4.78, 5) is 6.88. The molecule has 53 heavy (non-hydrogen) atoms. The molecule has 0 amide bonds. The van der Waals surface area contributed by atoms with Gasteiger partial charge >= 0.3 is 0 Å². The van der Waals surface area contributed by atoms with Gasteiger partial charge < -0.3 is 9.47 Å². The van der Waals surface area contributed by atoms with Gasteiger partial charge in [-0.15, -0.1) is 0 Å². The van der Waals surface area contributed by atoms with E-state index in [-0.39, 0.29) is 5.41 Å². The summed E-state index contributed by atoms with van der Waals surface area (Å²) in [6.45, 7) is 4.83. The van der Waals surface area contributed by atoms with Gasteiger partial charge in [0.2, 0.25) is 0 Å². The van der Waals surface area contributed by atoms with E-state index in [0.29, 0.717) is 5.92 Å². The highest BCUT2D eigenvalue weighted by Gasteiger charge is 2.44. The van der Waals surface area contributed by atoms with Crippen molar-refractivity contribution in [3.63, 3.8) is 0 Å². The number of fused-ring (bicyclic) bond motifs is 6. The summed E-state index contributed by atoms with van der Waals surface area (Å²) < 4.78 is 2.37. The first-order valence-electron chi connectivity index (χ1n) is 18.5. The van der Waals surface area contributed by atoms with Gasteiger partial charge in [-0.1, -0.05) is 117 Å². The fourth-order valence-corrected chi connectivity index (χ4v) is 8.91. The average Bonchev–Trinajstić information content (AvgIpc) is 3.67. The maximum atomic E-state index is 4.41.